The summed E-state index contributed by atoms with van der Waals surface area (Å²) in [5.74, 6) is -0.281. The summed E-state index contributed by atoms with van der Waals surface area (Å²) in [5.41, 5.74) is 12.0. The Hall–Kier alpha value is -6.96. The molecule has 0 N–H and O–H groups in total. The molecule has 260 valence electrons. The van der Waals surface area contributed by atoms with Crippen molar-refractivity contribution in [2.45, 2.75) is 12.3 Å². The molecule has 1 aromatic heterocycles. The SMILES string of the molecule is [2H]c1c([2H])c([2H])c(-c2ccc(C(C3=CC=C(c4ccc5c(c4)c4ccccc4n5-c4ccc(-c5ccccc5)cc4)C3)c3ccc(-c4c([2H])c([2H])c([2H])c([2H])c4[2H])cc3)cc2)c([2H])c1[2H]. The van der Waals surface area contributed by atoms with E-state index in [2.05, 4.69) is 95.6 Å². The van der Waals surface area contributed by atoms with E-state index in [0.717, 1.165) is 60.9 Å². The minimum atomic E-state index is -0.442. The number of allylic oxidation sites excluding steroid dienone is 4. The highest BCUT2D eigenvalue weighted by molar-refractivity contribution is 6.10. The van der Waals surface area contributed by atoms with Crippen molar-refractivity contribution >= 4 is 27.4 Å². The van der Waals surface area contributed by atoms with Gasteiger partial charge in [0.25, 0.3) is 0 Å². The Morgan fingerprint density at radius 3 is 1.56 bits per heavy atom. The molecule has 1 aliphatic carbocycles. The van der Waals surface area contributed by atoms with Crippen LogP contribution in [0.15, 0.2) is 224 Å². The summed E-state index contributed by atoms with van der Waals surface area (Å²) in [6, 6.07) is 45.5. The summed E-state index contributed by atoms with van der Waals surface area (Å²) < 4.78 is 85.7. The van der Waals surface area contributed by atoms with Crippen molar-refractivity contribution < 1.29 is 13.7 Å². The van der Waals surface area contributed by atoms with Gasteiger partial charge in [0.05, 0.1) is 24.7 Å². The second kappa shape index (κ2) is 14.1. The number of fused-ring (bicyclic) bond motifs is 3. The first kappa shape index (κ1) is 23.7. The monoisotopic (exact) mass is 711 g/mol. The average molecular weight is 712 g/mol. The van der Waals surface area contributed by atoms with Crippen molar-refractivity contribution in [3.63, 3.8) is 0 Å². The van der Waals surface area contributed by atoms with Gasteiger partial charge in [-0.15, -0.1) is 0 Å². The zero-order valence-corrected chi connectivity index (χ0v) is 29.7. The van der Waals surface area contributed by atoms with Crippen LogP contribution < -0.4 is 0 Å². The van der Waals surface area contributed by atoms with Crippen LogP contribution in [0.3, 0.4) is 0 Å². The van der Waals surface area contributed by atoms with E-state index in [1.54, 1.807) is 24.3 Å². The van der Waals surface area contributed by atoms with Crippen LogP contribution in [0.4, 0.5) is 0 Å². The predicted octanol–water partition coefficient (Wildman–Crippen LogP) is 14.3. The molecule has 0 aliphatic heterocycles. The maximum absolute atomic E-state index is 8.57. The van der Waals surface area contributed by atoms with Crippen molar-refractivity contribution in [2.75, 3.05) is 0 Å². The zero-order chi connectivity index (χ0) is 45.3. The van der Waals surface area contributed by atoms with Crippen molar-refractivity contribution in [3.05, 3.63) is 240 Å². The Balaban J connectivity index is 1.02. The van der Waals surface area contributed by atoms with Crippen molar-refractivity contribution in [2.24, 2.45) is 0 Å². The Labute approximate surface area is 336 Å². The van der Waals surface area contributed by atoms with Gasteiger partial charge in [0.1, 0.15) is 0 Å². The quantitative estimate of drug-likeness (QED) is 0.148. The first-order chi connectivity index (χ1) is 31.4. The molecule has 1 heteroatoms. The molecule has 55 heavy (non-hydrogen) atoms. The first-order valence-corrected chi connectivity index (χ1v) is 18.3. The number of hydrogen-bond donors (Lipinski definition) is 0. The topological polar surface area (TPSA) is 4.93 Å². The summed E-state index contributed by atoms with van der Waals surface area (Å²) in [7, 11) is 0. The van der Waals surface area contributed by atoms with E-state index in [1.165, 1.54) is 5.56 Å². The molecular weight excluding hydrogens is 663 g/mol. The second-order valence-electron chi connectivity index (χ2n) is 13.8. The van der Waals surface area contributed by atoms with Gasteiger partial charge in [-0.1, -0.05) is 193 Å². The predicted molar refractivity (Wildman–Crippen MR) is 232 cm³/mol. The largest absolute Gasteiger partial charge is 0.309 e. The van der Waals surface area contributed by atoms with Crippen molar-refractivity contribution in [1.29, 1.82) is 0 Å². The molecule has 1 nitrogen and oxygen atoms in total. The normalized spacial score (nSPS) is 15.2. The van der Waals surface area contributed by atoms with Gasteiger partial charge in [0, 0.05) is 22.4 Å². The van der Waals surface area contributed by atoms with Crippen molar-refractivity contribution in [1.82, 2.24) is 4.57 Å². The molecular formula is C54H39N. The Morgan fingerprint density at radius 1 is 0.418 bits per heavy atom. The van der Waals surface area contributed by atoms with E-state index in [9.17, 15) is 0 Å². The molecule has 0 atom stereocenters. The van der Waals surface area contributed by atoms with Crippen LogP contribution in [0.2, 0.25) is 0 Å². The standard InChI is InChI=1S/C54H39N/c1-4-12-38(13-5-1)41-20-24-44(25-21-41)54(45-26-22-42(23-27-45)39-14-6-2-7-15-39)48-29-28-46(36-48)47-32-35-53-51(37-47)50-18-10-11-19-52(50)55(53)49-33-30-43(31-34-49)40-16-8-3-9-17-40/h1-35,37,54H,36H2/i1D,2D,4D,5D,6D,7D,12D,13D,14D,15D. The lowest BCUT2D eigenvalue weighted by Gasteiger charge is -2.22. The Bertz CT molecular complexity index is 3250. The molecule has 10 rings (SSSR count). The smallest absolute Gasteiger partial charge is 0.0629 e. The van der Waals surface area contributed by atoms with Gasteiger partial charge in [-0.3, -0.25) is 0 Å². The molecule has 9 aromatic rings. The first-order valence-electron chi connectivity index (χ1n) is 23.3. The van der Waals surface area contributed by atoms with E-state index in [4.69, 9.17) is 13.7 Å². The van der Waals surface area contributed by atoms with Gasteiger partial charge in [-0.2, -0.15) is 0 Å². The summed E-state index contributed by atoms with van der Waals surface area (Å²) >= 11 is 0. The van der Waals surface area contributed by atoms with Crippen LogP contribution in [0.5, 0.6) is 0 Å². The number of hydrogen-bond acceptors (Lipinski definition) is 0. The van der Waals surface area contributed by atoms with Gasteiger partial charge in [0.2, 0.25) is 0 Å². The van der Waals surface area contributed by atoms with E-state index in [0.29, 0.717) is 17.5 Å². The van der Waals surface area contributed by atoms with Crippen LogP contribution in [-0.2, 0) is 0 Å². The molecule has 8 aromatic carbocycles. The number of rotatable bonds is 8. The summed E-state index contributed by atoms with van der Waals surface area (Å²) in [6.45, 7) is 0. The lowest BCUT2D eigenvalue weighted by Crippen LogP contribution is -2.05. The van der Waals surface area contributed by atoms with Crippen LogP contribution in [0.25, 0.3) is 66.4 Å². The molecule has 0 amide bonds. The molecule has 1 heterocycles. The molecule has 0 spiro atoms. The highest BCUT2D eigenvalue weighted by atomic mass is 15.0. The third kappa shape index (κ3) is 6.20. The van der Waals surface area contributed by atoms with E-state index >= 15 is 0 Å². The molecule has 0 saturated carbocycles. The van der Waals surface area contributed by atoms with Gasteiger partial charge >= 0.3 is 0 Å². The van der Waals surface area contributed by atoms with Crippen LogP contribution in [0, 0.1) is 0 Å². The highest BCUT2D eigenvalue weighted by Gasteiger charge is 2.24. The molecule has 0 saturated heterocycles. The third-order valence-corrected chi connectivity index (χ3v) is 10.6. The van der Waals surface area contributed by atoms with Crippen LogP contribution in [-0.4, -0.2) is 4.57 Å². The molecule has 0 radical (unpaired) electrons. The van der Waals surface area contributed by atoms with Crippen molar-refractivity contribution in [3.8, 4) is 39.1 Å². The van der Waals surface area contributed by atoms with Crippen LogP contribution >= 0.6 is 0 Å². The number of nitrogens with zero attached hydrogens (tertiary/aromatic N) is 1. The van der Waals surface area contributed by atoms with Gasteiger partial charge in [-0.25, -0.2) is 0 Å². The lowest BCUT2D eigenvalue weighted by atomic mass is 9.82. The Morgan fingerprint density at radius 2 is 0.927 bits per heavy atom. The average Bonchev–Trinajstić information content (AvgIpc) is 3.96. The molecule has 0 bridgehead atoms. The van der Waals surface area contributed by atoms with Gasteiger partial charge in [-0.05, 0) is 92.4 Å². The van der Waals surface area contributed by atoms with Gasteiger partial charge in [0.15, 0.2) is 0 Å². The minimum Gasteiger partial charge on any atom is -0.309 e. The van der Waals surface area contributed by atoms with Gasteiger partial charge < -0.3 is 4.57 Å². The molecule has 1 aliphatic rings. The van der Waals surface area contributed by atoms with E-state index < -0.39 is 36.3 Å². The zero-order valence-electron chi connectivity index (χ0n) is 39.7. The summed E-state index contributed by atoms with van der Waals surface area (Å²) in [5, 5.41) is 2.29. The van der Waals surface area contributed by atoms with E-state index in [1.807, 2.05) is 42.5 Å². The van der Waals surface area contributed by atoms with E-state index in [-0.39, 0.29) is 41.2 Å². The lowest BCUT2D eigenvalue weighted by molar-refractivity contribution is 0.924. The maximum Gasteiger partial charge on any atom is 0.0629 e. The number of benzene rings is 8. The molecule has 0 fully saturated rings. The summed E-state index contributed by atoms with van der Waals surface area (Å²) in [4.78, 5) is 0. The minimum absolute atomic E-state index is 0.132. The number of para-hydroxylation sites is 1. The fraction of sp³-hybridized carbons (Fsp3) is 0.0370. The summed E-state index contributed by atoms with van der Waals surface area (Å²) in [6.07, 6.45) is 4.94. The van der Waals surface area contributed by atoms with Crippen LogP contribution in [0.1, 0.15) is 42.7 Å². The third-order valence-electron chi connectivity index (χ3n) is 10.6. The molecule has 0 unspecified atom stereocenters. The number of aromatic nitrogens is 1. The fourth-order valence-electron chi connectivity index (χ4n) is 7.92. The Kier molecular flexibility index (Phi) is 6.07. The maximum atomic E-state index is 8.57. The second-order valence-corrected chi connectivity index (χ2v) is 13.8. The highest BCUT2D eigenvalue weighted by Crippen LogP contribution is 2.43. The fourth-order valence-corrected chi connectivity index (χ4v) is 7.92.